The maximum Gasteiger partial charge on any atom is 0.256 e. The van der Waals surface area contributed by atoms with Crippen LogP contribution in [-0.2, 0) is 4.79 Å². The van der Waals surface area contributed by atoms with Crippen LogP contribution in [0.2, 0.25) is 0 Å². The zero-order chi connectivity index (χ0) is 15.1. The van der Waals surface area contributed by atoms with E-state index in [1.54, 1.807) is 12.1 Å². The van der Waals surface area contributed by atoms with Crippen molar-refractivity contribution in [3.05, 3.63) is 29.6 Å². The number of nitrogens with one attached hydrogen (secondary N) is 1. The predicted octanol–water partition coefficient (Wildman–Crippen LogP) is 2.30. The van der Waals surface area contributed by atoms with Crippen LogP contribution in [-0.4, -0.2) is 17.5 Å². The summed E-state index contributed by atoms with van der Waals surface area (Å²) in [5.74, 6) is 5.01. The van der Waals surface area contributed by atoms with Crippen molar-refractivity contribution in [1.82, 2.24) is 5.43 Å². The predicted molar refractivity (Wildman–Crippen MR) is 77.8 cm³/mol. The lowest BCUT2D eigenvalue weighted by Gasteiger charge is -2.49. The van der Waals surface area contributed by atoms with Gasteiger partial charge in [-0.05, 0) is 56.9 Å². The Hall–Kier alpha value is -1.62. The second kappa shape index (κ2) is 5.05. The van der Waals surface area contributed by atoms with Gasteiger partial charge in [0.1, 0.15) is 11.9 Å². The molecule has 0 unspecified atom stereocenters. The van der Waals surface area contributed by atoms with Crippen molar-refractivity contribution in [2.75, 3.05) is 4.90 Å². The van der Waals surface area contributed by atoms with Crippen molar-refractivity contribution in [2.45, 2.75) is 51.6 Å². The molecule has 20 heavy (non-hydrogen) atoms. The first-order valence-electron chi connectivity index (χ1n) is 6.87. The molecule has 1 aromatic carbocycles. The van der Waals surface area contributed by atoms with Crippen LogP contribution in [0.5, 0.6) is 0 Å². The molecule has 2 atom stereocenters. The van der Waals surface area contributed by atoms with Crippen molar-refractivity contribution >= 4 is 11.6 Å². The summed E-state index contributed by atoms with van der Waals surface area (Å²) in [7, 11) is 0. The van der Waals surface area contributed by atoms with Gasteiger partial charge in [-0.2, -0.15) is 0 Å². The number of amides is 1. The van der Waals surface area contributed by atoms with Crippen LogP contribution in [0, 0.1) is 5.82 Å². The first kappa shape index (κ1) is 14.8. The summed E-state index contributed by atoms with van der Waals surface area (Å²) in [6.07, 6.45) is 0.853. The SMILES string of the molecule is C[C@@H]1CC(C)(C)N([C@H](C)C(=O)NN)c2ccc(F)cc21. The van der Waals surface area contributed by atoms with Gasteiger partial charge in [0.15, 0.2) is 0 Å². The van der Waals surface area contributed by atoms with E-state index < -0.39 is 6.04 Å². The minimum absolute atomic E-state index is 0.198. The lowest BCUT2D eigenvalue weighted by molar-refractivity contribution is -0.122. The highest BCUT2D eigenvalue weighted by Gasteiger charge is 2.40. The molecular weight excluding hydrogens is 257 g/mol. The molecule has 0 bridgehead atoms. The number of rotatable bonds is 2. The van der Waals surface area contributed by atoms with Crippen molar-refractivity contribution < 1.29 is 9.18 Å². The number of hydrazine groups is 1. The summed E-state index contributed by atoms with van der Waals surface area (Å²) in [6, 6.07) is 4.34. The van der Waals surface area contributed by atoms with E-state index >= 15 is 0 Å². The van der Waals surface area contributed by atoms with Gasteiger partial charge in [-0.15, -0.1) is 0 Å². The summed E-state index contributed by atoms with van der Waals surface area (Å²) >= 11 is 0. The van der Waals surface area contributed by atoms with Gasteiger partial charge >= 0.3 is 0 Å². The summed E-state index contributed by atoms with van der Waals surface area (Å²) in [5, 5.41) is 0. The van der Waals surface area contributed by atoms with Crippen LogP contribution >= 0.6 is 0 Å². The summed E-state index contributed by atoms with van der Waals surface area (Å²) in [6.45, 7) is 8.09. The number of hydrogen-bond acceptors (Lipinski definition) is 3. The fourth-order valence-electron chi connectivity index (χ4n) is 3.39. The molecule has 1 aromatic rings. The standard InChI is InChI=1S/C15H22FN3O/c1-9-8-15(3,4)19(10(2)14(20)18-17)13-6-5-11(16)7-12(9)13/h5-7,9-10H,8,17H2,1-4H3,(H,18,20)/t9-,10-/m1/s1. The molecule has 3 N–H and O–H groups in total. The van der Waals surface area contributed by atoms with Gasteiger partial charge in [0, 0.05) is 11.2 Å². The molecule has 1 heterocycles. The lowest BCUT2D eigenvalue weighted by atomic mass is 9.79. The zero-order valence-corrected chi connectivity index (χ0v) is 12.4. The molecule has 2 rings (SSSR count). The molecule has 0 saturated heterocycles. The van der Waals surface area contributed by atoms with Crippen LogP contribution in [0.25, 0.3) is 0 Å². The van der Waals surface area contributed by atoms with Crippen molar-refractivity contribution in [2.24, 2.45) is 5.84 Å². The lowest BCUT2D eigenvalue weighted by Crippen LogP contribution is -2.58. The van der Waals surface area contributed by atoms with Crippen molar-refractivity contribution in [3.8, 4) is 0 Å². The third kappa shape index (κ3) is 2.38. The smallest absolute Gasteiger partial charge is 0.256 e. The van der Waals surface area contributed by atoms with Crippen LogP contribution in [0.1, 0.15) is 45.6 Å². The highest BCUT2D eigenvalue weighted by atomic mass is 19.1. The van der Waals surface area contributed by atoms with Gasteiger partial charge < -0.3 is 4.90 Å². The monoisotopic (exact) mass is 279 g/mol. The molecular formula is C15H22FN3O. The van der Waals surface area contributed by atoms with E-state index in [0.717, 1.165) is 17.7 Å². The Labute approximate surface area is 119 Å². The summed E-state index contributed by atoms with van der Waals surface area (Å²) in [4.78, 5) is 13.9. The summed E-state index contributed by atoms with van der Waals surface area (Å²) in [5.41, 5.74) is 3.85. The summed E-state index contributed by atoms with van der Waals surface area (Å²) < 4.78 is 13.5. The number of halogens is 1. The highest BCUT2D eigenvalue weighted by molar-refractivity contribution is 5.85. The third-order valence-corrected chi connectivity index (χ3v) is 4.15. The molecule has 0 aliphatic carbocycles. The van der Waals surface area contributed by atoms with Crippen LogP contribution in [0.3, 0.4) is 0 Å². The van der Waals surface area contributed by atoms with Crippen LogP contribution in [0.15, 0.2) is 18.2 Å². The second-order valence-electron chi connectivity index (χ2n) is 6.18. The van der Waals surface area contributed by atoms with E-state index in [9.17, 15) is 9.18 Å². The number of carbonyl (C=O) groups is 1. The molecule has 1 aliphatic rings. The molecule has 0 spiro atoms. The van der Waals surface area contributed by atoms with Gasteiger partial charge in [0.05, 0.1) is 0 Å². The number of fused-ring (bicyclic) bond motifs is 1. The quantitative estimate of drug-likeness (QED) is 0.496. The Kier molecular flexibility index (Phi) is 3.73. The van der Waals surface area contributed by atoms with Gasteiger partial charge in [-0.3, -0.25) is 10.2 Å². The Morgan fingerprint density at radius 2 is 2.20 bits per heavy atom. The number of hydrogen-bond donors (Lipinski definition) is 2. The second-order valence-corrected chi connectivity index (χ2v) is 6.18. The average Bonchev–Trinajstić information content (AvgIpc) is 2.37. The van der Waals surface area contributed by atoms with Crippen molar-refractivity contribution in [3.63, 3.8) is 0 Å². The minimum Gasteiger partial charge on any atom is -0.354 e. The van der Waals surface area contributed by atoms with Gasteiger partial charge in [0.25, 0.3) is 5.91 Å². The topological polar surface area (TPSA) is 58.4 Å². The minimum atomic E-state index is -0.410. The Bertz CT molecular complexity index is 530. The Morgan fingerprint density at radius 3 is 2.80 bits per heavy atom. The largest absolute Gasteiger partial charge is 0.354 e. The van der Waals surface area contributed by atoms with Gasteiger partial charge in [-0.1, -0.05) is 6.92 Å². The molecule has 0 aromatic heterocycles. The molecule has 1 aliphatic heterocycles. The molecule has 1 amide bonds. The first-order chi connectivity index (χ1) is 9.27. The van der Waals surface area contributed by atoms with E-state index in [4.69, 9.17) is 5.84 Å². The zero-order valence-electron chi connectivity index (χ0n) is 12.4. The molecule has 0 saturated carbocycles. The third-order valence-electron chi connectivity index (χ3n) is 4.15. The highest BCUT2D eigenvalue weighted by Crippen LogP contribution is 2.44. The van der Waals surface area contributed by atoms with E-state index in [-0.39, 0.29) is 23.2 Å². The average molecular weight is 279 g/mol. The number of anilines is 1. The van der Waals surface area contributed by atoms with E-state index in [1.807, 2.05) is 11.8 Å². The Morgan fingerprint density at radius 1 is 1.55 bits per heavy atom. The number of carbonyl (C=O) groups excluding carboxylic acids is 1. The van der Waals surface area contributed by atoms with Crippen LogP contribution in [0.4, 0.5) is 10.1 Å². The van der Waals surface area contributed by atoms with Gasteiger partial charge in [0.2, 0.25) is 0 Å². The first-order valence-corrected chi connectivity index (χ1v) is 6.87. The maximum atomic E-state index is 13.5. The normalized spacial score (nSPS) is 22.1. The fraction of sp³-hybridized carbons (Fsp3) is 0.533. The molecule has 5 heteroatoms. The Balaban J connectivity index is 2.54. The molecule has 110 valence electrons. The van der Waals surface area contributed by atoms with E-state index in [1.165, 1.54) is 6.07 Å². The van der Waals surface area contributed by atoms with E-state index in [0.29, 0.717) is 0 Å². The van der Waals surface area contributed by atoms with E-state index in [2.05, 4.69) is 26.2 Å². The van der Waals surface area contributed by atoms with Crippen molar-refractivity contribution in [1.29, 1.82) is 0 Å². The number of nitrogens with two attached hydrogens (primary N) is 1. The molecule has 4 nitrogen and oxygen atoms in total. The molecule has 0 radical (unpaired) electrons. The van der Waals surface area contributed by atoms with Gasteiger partial charge in [-0.25, -0.2) is 10.2 Å². The number of benzene rings is 1. The fourth-order valence-corrected chi connectivity index (χ4v) is 3.39. The number of nitrogens with zero attached hydrogens (tertiary/aromatic N) is 1. The maximum absolute atomic E-state index is 13.5. The van der Waals surface area contributed by atoms with Crippen LogP contribution < -0.4 is 16.2 Å². The molecule has 0 fully saturated rings.